The highest BCUT2D eigenvalue weighted by molar-refractivity contribution is 6.55. The number of allylic oxidation sites excluding steroid dienone is 2. The number of ketones is 2. The minimum absolute atomic E-state index is 0. The first-order chi connectivity index (χ1) is 12.3. The average Bonchev–Trinajstić information content (AvgIpc) is 2.65. The Hall–Kier alpha value is -2.86. The molecule has 2 aromatic heterocycles. The van der Waals surface area contributed by atoms with E-state index in [1.165, 1.54) is 11.1 Å². The van der Waals surface area contributed by atoms with Crippen molar-refractivity contribution in [1.82, 2.24) is 0 Å². The van der Waals surface area contributed by atoms with E-state index in [-0.39, 0.29) is 21.9 Å². The maximum Gasteiger partial charge on any atom is 0.190 e. The van der Waals surface area contributed by atoms with Crippen molar-refractivity contribution in [2.24, 2.45) is 0 Å². The number of halogens is 2. The van der Waals surface area contributed by atoms with Crippen molar-refractivity contribution in [3.05, 3.63) is 81.8 Å². The minimum Gasteiger partial charge on any atom is -0.869 e. The smallest absolute Gasteiger partial charge is 0.190 e. The van der Waals surface area contributed by atoms with Crippen molar-refractivity contribution in [3.63, 3.8) is 0 Å². The molecule has 0 bridgehead atoms. The summed E-state index contributed by atoms with van der Waals surface area (Å²) in [6.07, 6.45) is 7.65. The Morgan fingerprint density at radius 3 is 1.03 bits per heavy atom. The Kier molecular flexibility index (Phi) is 19.7. The van der Waals surface area contributed by atoms with Gasteiger partial charge in [0.2, 0.25) is 0 Å². The lowest BCUT2D eigenvalue weighted by Gasteiger charge is -2.23. The van der Waals surface area contributed by atoms with Crippen LogP contribution < -0.4 is 20.2 Å². The minimum atomic E-state index is -1.23. The molecular weight excluding hydrogens is 443 g/mol. The van der Waals surface area contributed by atoms with Gasteiger partial charge in [0.1, 0.15) is 0 Å². The lowest BCUT2D eigenvalue weighted by molar-refractivity contribution is -0.378. The molecule has 0 amide bonds. The van der Waals surface area contributed by atoms with Crippen LogP contribution in [0.3, 0.4) is 0 Å². The number of nitrogens with one attached hydrogen (secondary N) is 2. The van der Waals surface area contributed by atoms with Crippen LogP contribution in [0.2, 0.25) is 0 Å². The lowest BCUT2D eigenvalue weighted by Crippen LogP contribution is -2.31. The zero-order valence-electron chi connectivity index (χ0n) is 16.0. The number of H-pyrrole nitrogens is 2. The van der Waals surface area contributed by atoms with Gasteiger partial charge in [-0.15, -0.1) is 0 Å². The second-order valence-corrected chi connectivity index (χ2v) is 5.86. The summed E-state index contributed by atoms with van der Waals surface area (Å²) in [6, 6.07) is 8.11. The van der Waals surface area contributed by atoms with Gasteiger partial charge in [-0.05, 0) is 36.5 Å². The van der Waals surface area contributed by atoms with E-state index in [1.54, 1.807) is 0 Å². The summed E-state index contributed by atoms with van der Waals surface area (Å²) < 4.78 is 0. The number of aryl methyl sites for hydroxylation is 2. The van der Waals surface area contributed by atoms with Crippen molar-refractivity contribution >= 4 is 34.8 Å². The van der Waals surface area contributed by atoms with Crippen LogP contribution in [0.4, 0.5) is 0 Å². The first-order valence-corrected chi connectivity index (χ1v) is 8.09. The number of Topliss-reactive ketones (excluding diaryl/α,β-unsaturated/α-hetero) is 2. The molecule has 0 unspecified atom stereocenters. The summed E-state index contributed by atoms with van der Waals surface area (Å²) in [6.45, 7) is 4.13. The normalized spacial score (nSPS) is 11.7. The van der Waals surface area contributed by atoms with Gasteiger partial charge in [-0.2, -0.15) is 0 Å². The Morgan fingerprint density at radius 2 is 0.867 bits per heavy atom. The third-order valence-electron chi connectivity index (χ3n) is 2.98. The summed E-state index contributed by atoms with van der Waals surface area (Å²) in [4.78, 5) is 27.3. The molecule has 30 heavy (non-hydrogen) atoms. The summed E-state index contributed by atoms with van der Waals surface area (Å²) in [7, 11) is 0. The maximum atomic E-state index is 10.7. The van der Waals surface area contributed by atoms with E-state index in [0.717, 1.165) is 0 Å². The Labute approximate surface area is 182 Å². The molecule has 0 aliphatic heterocycles. The number of rotatable bonds is 0. The molecule has 0 saturated heterocycles. The Bertz CT molecular complexity index is 744. The predicted octanol–water partition coefficient (Wildman–Crippen LogP) is -2.92. The van der Waals surface area contributed by atoms with E-state index in [1.807, 2.05) is 49.1 Å². The molecule has 168 valence electrons. The molecule has 10 N–H and O–H groups in total. The molecule has 1 aliphatic rings. The van der Waals surface area contributed by atoms with Crippen LogP contribution in [0.25, 0.3) is 0 Å². The highest BCUT2D eigenvalue weighted by atomic mass is 35.5. The molecule has 0 saturated carbocycles. The van der Waals surface area contributed by atoms with Gasteiger partial charge in [-0.3, -0.25) is 9.59 Å². The average molecular weight is 467 g/mol. The third kappa shape index (κ3) is 10.6. The van der Waals surface area contributed by atoms with E-state index in [9.17, 15) is 19.8 Å². The number of hydrogen-bond acceptors (Lipinski definition) is 4. The molecule has 2 aromatic rings. The molecule has 3 rings (SSSR count). The molecule has 0 spiro atoms. The highest BCUT2D eigenvalue weighted by Crippen LogP contribution is 2.23. The van der Waals surface area contributed by atoms with Crippen molar-refractivity contribution in [2.45, 2.75) is 13.8 Å². The topological polar surface area (TPSA) is 235 Å². The quantitative estimate of drug-likeness (QED) is 0.370. The third-order valence-corrected chi connectivity index (χ3v) is 3.67. The van der Waals surface area contributed by atoms with Gasteiger partial charge in [-0.25, -0.2) is 9.97 Å². The van der Waals surface area contributed by atoms with Gasteiger partial charge in [-0.1, -0.05) is 23.2 Å². The highest BCUT2D eigenvalue weighted by Gasteiger charge is 2.22. The zero-order valence-corrected chi connectivity index (χ0v) is 17.5. The summed E-state index contributed by atoms with van der Waals surface area (Å²) >= 11 is 10.2. The second kappa shape index (κ2) is 17.0. The van der Waals surface area contributed by atoms with Gasteiger partial charge >= 0.3 is 0 Å². The van der Waals surface area contributed by atoms with E-state index >= 15 is 0 Å². The largest absolute Gasteiger partial charge is 0.869 e. The van der Waals surface area contributed by atoms with Gasteiger partial charge in [0.15, 0.2) is 36.4 Å². The molecule has 1 aliphatic carbocycles. The molecule has 0 fully saturated rings. The summed E-state index contributed by atoms with van der Waals surface area (Å²) in [5.74, 6) is -4.92. The van der Waals surface area contributed by atoms with Crippen LogP contribution in [-0.4, -0.2) is 33.5 Å². The number of aromatic amines is 2. The van der Waals surface area contributed by atoms with Gasteiger partial charge in [0.05, 0.1) is 10.1 Å². The van der Waals surface area contributed by atoms with Crippen LogP contribution in [0.1, 0.15) is 11.1 Å². The number of carbonyl (C=O) groups excluding carboxylic acids is 2. The fourth-order valence-electron chi connectivity index (χ4n) is 1.55. The van der Waals surface area contributed by atoms with Gasteiger partial charge in [0.25, 0.3) is 0 Å². The van der Waals surface area contributed by atoms with Gasteiger partial charge < -0.3 is 32.1 Å². The molecular formula is C18H24Cl2N2O8. The fraction of sp³-hybridized carbons (Fsp3) is 0.111. The van der Waals surface area contributed by atoms with Crippen LogP contribution in [0.5, 0.6) is 0 Å². The number of carbonyl (C=O) groups is 2. The standard InChI is InChI=1S/C6H2Cl2O4.2C6H7N.4H2O/c7-1-3(9)5(11)2(8)6(12)4(1)10;2*1-6-2-4-7-5-3-6;;;;/h9,12H;2*2-5H,1H3;4*1H2. The SMILES string of the molecule is Cc1cc[nH+]cc1.Cc1cc[nH+]cc1.O.O.O.O.O=C1C([O-])=C(Cl)C(=O)C([O-])=C1Cl. The predicted molar refractivity (Wildman–Crippen MR) is 106 cm³/mol. The maximum absolute atomic E-state index is 10.7. The molecule has 0 aromatic carbocycles. The number of aromatic nitrogens is 2. The molecule has 12 heteroatoms. The molecule has 0 radical (unpaired) electrons. The van der Waals surface area contributed by atoms with Crippen molar-refractivity contribution in [2.75, 3.05) is 0 Å². The van der Waals surface area contributed by atoms with Crippen LogP contribution in [0.15, 0.2) is 70.6 Å². The molecule has 10 nitrogen and oxygen atoms in total. The first kappa shape index (κ1) is 34.6. The Morgan fingerprint density at radius 1 is 0.633 bits per heavy atom. The van der Waals surface area contributed by atoms with Crippen LogP contribution in [0, 0.1) is 13.8 Å². The second-order valence-electron chi connectivity index (χ2n) is 5.10. The zero-order chi connectivity index (χ0) is 19.7. The Balaban J connectivity index is -0.000000166. The van der Waals surface area contributed by atoms with E-state index < -0.39 is 33.1 Å². The van der Waals surface area contributed by atoms with Crippen LogP contribution in [-0.2, 0) is 9.59 Å². The lowest BCUT2D eigenvalue weighted by atomic mass is 10.1. The van der Waals surface area contributed by atoms with Gasteiger partial charge in [0, 0.05) is 24.3 Å². The van der Waals surface area contributed by atoms with E-state index in [0.29, 0.717) is 0 Å². The van der Waals surface area contributed by atoms with Crippen molar-refractivity contribution < 1.29 is 51.7 Å². The summed E-state index contributed by atoms with van der Waals surface area (Å²) in [5, 5.41) is 19.6. The number of pyridine rings is 2. The molecule has 2 heterocycles. The first-order valence-electron chi connectivity index (χ1n) is 7.34. The number of hydrogen-bond donors (Lipinski definition) is 0. The fourth-order valence-corrected chi connectivity index (χ4v) is 1.89. The van der Waals surface area contributed by atoms with Crippen molar-refractivity contribution in [3.8, 4) is 0 Å². The van der Waals surface area contributed by atoms with E-state index in [4.69, 9.17) is 23.2 Å². The van der Waals surface area contributed by atoms with Crippen LogP contribution >= 0.6 is 23.2 Å². The monoisotopic (exact) mass is 466 g/mol. The van der Waals surface area contributed by atoms with E-state index in [2.05, 4.69) is 23.8 Å². The summed E-state index contributed by atoms with van der Waals surface area (Å²) in [5.41, 5.74) is 2.58. The molecule has 0 atom stereocenters. The van der Waals surface area contributed by atoms with Crippen molar-refractivity contribution in [1.29, 1.82) is 0 Å².